The Morgan fingerprint density at radius 3 is 2.61 bits per heavy atom. The van der Waals surface area contributed by atoms with Gasteiger partial charge in [0, 0.05) is 31.5 Å². The van der Waals surface area contributed by atoms with Crippen LogP contribution in [0.25, 0.3) is 0 Å². The lowest BCUT2D eigenvalue weighted by atomic mass is 10.2. The van der Waals surface area contributed by atoms with Crippen molar-refractivity contribution in [3.8, 4) is 0 Å². The van der Waals surface area contributed by atoms with Gasteiger partial charge in [0.1, 0.15) is 5.82 Å². The van der Waals surface area contributed by atoms with Crippen LogP contribution in [-0.4, -0.2) is 25.2 Å². The minimum atomic E-state index is -0.234. The van der Waals surface area contributed by atoms with Crippen LogP contribution < -0.4 is 15.5 Å². The minimum absolute atomic E-state index is 0.234. The lowest BCUT2D eigenvalue weighted by Crippen LogP contribution is -2.31. The molecule has 0 radical (unpaired) electrons. The summed E-state index contributed by atoms with van der Waals surface area (Å²) in [5.41, 5.74) is 2.48. The molecule has 0 heterocycles. The molecular formula is C18H22FN3S. The third-order valence-electron chi connectivity index (χ3n) is 3.58. The van der Waals surface area contributed by atoms with E-state index in [1.165, 1.54) is 11.8 Å². The van der Waals surface area contributed by atoms with Crippen LogP contribution in [0.3, 0.4) is 0 Å². The Kier molecular flexibility index (Phi) is 6.35. The molecule has 122 valence electrons. The van der Waals surface area contributed by atoms with Gasteiger partial charge in [0.2, 0.25) is 0 Å². The SMILES string of the molecule is Cc1ccc(NC(=S)NCCCN(C)c2ccccc2)cc1F. The van der Waals surface area contributed by atoms with Gasteiger partial charge in [-0.3, -0.25) is 0 Å². The zero-order valence-corrected chi connectivity index (χ0v) is 14.3. The number of aryl methyl sites for hydroxylation is 1. The maximum Gasteiger partial charge on any atom is 0.170 e. The molecule has 2 aromatic carbocycles. The van der Waals surface area contributed by atoms with Crippen molar-refractivity contribution in [2.24, 2.45) is 0 Å². The van der Waals surface area contributed by atoms with Crippen molar-refractivity contribution in [3.63, 3.8) is 0 Å². The van der Waals surface area contributed by atoms with Gasteiger partial charge in [0.25, 0.3) is 0 Å². The van der Waals surface area contributed by atoms with Gasteiger partial charge >= 0.3 is 0 Å². The summed E-state index contributed by atoms with van der Waals surface area (Å²) in [6, 6.07) is 15.2. The average molecular weight is 331 g/mol. The molecular weight excluding hydrogens is 309 g/mol. The Bertz CT molecular complexity index is 646. The third kappa shape index (κ3) is 5.53. The largest absolute Gasteiger partial charge is 0.375 e. The molecule has 0 amide bonds. The number of nitrogens with one attached hydrogen (secondary N) is 2. The van der Waals surface area contributed by atoms with Gasteiger partial charge in [-0.1, -0.05) is 24.3 Å². The zero-order valence-electron chi connectivity index (χ0n) is 13.5. The average Bonchev–Trinajstić information content (AvgIpc) is 2.55. The van der Waals surface area contributed by atoms with Crippen LogP contribution in [0.5, 0.6) is 0 Å². The van der Waals surface area contributed by atoms with E-state index in [0.29, 0.717) is 16.4 Å². The van der Waals surface area contributed by atoms with Crippen LogP contribution in [0.15, 0.2) is 48.5 Å². The Morgan fingerprint density at radius 2 is 1.91 bits per heavy atom. The highest BCUT2D eigenvalue weighted by Gasteiger charge is 2.02. The third-order valence-corrected chi connectivity index (χ3v) is 3.83. The molecule has 2 rings (SSSR count). The first-order chi connectivity index (χ1) is 11.1. The van der Waals surface area contributed by atoms with Crippen molar-refractivity contribution in [2.45, 2.75) is 13.3 Å². The summed E-state index contributed by atoms with van der Waals surface area (Å²) in [6.07, 6.45) is 0.954. The molecule has 0 aliphatic heterocycles. The van der Waals surface area contributed by atoms with Gasteiger partial charge in [0.05, 0.1) is 0 Å². The molecule has 0 atom stereocenters. The maximum absolute atomic E-state index is 13.5. The molecule has 0 bridgehead atoms. The first kappa shape index (κ1) is 17.2. The van der Waals surface area contributed by atoms with Crippen molar-refractivity contribution < 1.29 is 4.39 Å². The first-order valence-electron chi connectivity index (χ1n) is 7.63. The molecule has 2 N–H and O–H groups in total. The number of nitrogens with zero attached hydrogens (tertiary/aromatic N) is 1. The summed E-state index contributed by atoms with van der Waals surface area (Å²) in [5.74, 6) is -0.234. The number of halogens is 1. The Balaban J connectivity index is 1.69. The fourth-order valence-electron chi connectivity index (χ4n) is 2.18. The van der Waals surface area contributed by atoms with Crippen molar-refractivity contribution in [2.75, 3.05) is 30.4 Å². The van der Waals surface area contributed by atoms with Crippen molar-refractivity contribution >= 4 is 28.7 Å². The second-order valence-corrected chi connectivity index (χ2v) is 5.86. The van der Waals surface area contributed by atoms with Crippen LogP contribution in [0.2, 0.25) is 0 Å². The summed E-state index contributed by atoms with van der Waals surface area (Å²) in [4.78, 5) is 2.20. The molecule has 0 unspecified atom stereocenters. The molecule has 0 saturated carbocycles. The van der Waals surface area contributed by atoms with E-state index in [-0.39, 0.29) is 5.82 Å². The van der Waals surface area contributed by atoms with Gasteiger partial charge in [-0.25, -0.2) is 4.39 Å². The molecule has 0 saturated heterocycles. The van der Waals surface area contributed by atoms with E-state index in [9.17, 15) is 4.39 Å². The van der Waals surface area contributed by atoms with Crippen LogP contribution in [-0.2, 0) is 0 Å². The van der Waals surface area contributed by atoms with Gasteiger partial charge in [0.15, 0.2) is 5.11 Å². The summed E-state index contributed by atoms with van der Waals surface area (Å²) < 4.78 is 13.5. The molecule has 3 nitrogen and oxygen atoms in total. The molecule has 0 fully saturated rings. The quantitative estimate of drug-likeness (QED) is 0.619. The smallest absolute Gasteiger partial charge is 0.170 e. The van der Waals surface area contributed by atoms with Gasteiger partial charge in [-0.15, -0.1) is 0 Å². The second kappa shape index (κ2) is 8.48. The highest BCUT2D eigenvalue weighted by Crippen LogP contribution is 2.13. The number of hydrogen-bond donors (Lipinski definition) is 2. The number of hydrogen-bond acceptors (Lipinski definition) is 2. The number of para-hydroxylation sites is 1. The van der Waals surface area contributed by atoms with Crippen molar-refractivity contribution in [1.29, 1.82) is 0 Å². The van der Waals surface area contributed by atoms with Crippen LogP contribution in [0.1, 0.15) is 12.0 Å². The molecule has 0 spiro atoms. The summed E-state index contributed by atoms with van der Waals surface area (Å²) >= 11 is 5.23. The number of thiocarbonyl (C=S) groups is 1. The number of anilines is 2. The first-order valence-corrected chi connectivity index (χ1v) is 8.04. The molecule has 0 aliphatic carbocycles. The van der Waals surface area contributed by atoms with Gasteiger partial charge in [-0.05, 0) is 55.4 Å². The Labute approximate surface area is 142 Å². The number of rotatable bonds is 6. The molecule has 23 heavy (non-hydrogen) atoms. The minimum Gasteiger partial charge on any atom is -0.375 e. The molecule has 0 aliphatic rings. The van der Waals surface area contributed by atoms with E-state index >= 15 is 0 Å². The topological polar surface area (TPSA) is 27.3 Å². The van der Waals surface area contributed by atoms with E-state index in [2.05, 4.69) is 34.7 Å². The molecule has 5 heteroatoms. The second-order valence-electron chi connectivity index (χ2n) is 5.46. The summed E-state index contributed by atoms with van der Waals surface area (Å²) in [6.45, 7) is 3.43. The normalized spacial score (nSPS) is 10.2. The van der Waals surface area contributed by atoms with E-state index < -0.39 is 0 Å². The highest BCUT2D eigenvalue weighted by molar-refractivity contribution is 7.80. The maximum atomic E-state index is 13.5. The van der Waals surface area contributed by atoms with Gasteiger partial charge < -0.3 is 15.5 Å². The van der Waals surface area contributed by atoms with Crippen molar-refractivity contribution in [3.05, 3.63) is 59.9 Å². The number of benzene rings is 2. The summed E-state index contributed by atoms with van der Waals surface area (Å²) in [7, 11) is 2.07. The van der Waals surface area contributed by atoms with E-state index in [0.717, 1.165) is 19.5 Å². The standard InChI is InChI=1S/C18H22FN3S/c1-14-9-10-15(13-17(14)19)21-18(23)20-11-6-12-22(2)16-7-4-3-5-8-16/h3-5,7-10,13H,6,11-12H2,1-2H3,(H2,20,21,23). The van der Waals surface area contributed by atoms with Gasteiger partial charge in [-0.2, -0.15) is 0 Å². The molecule has 0 aromatic heterocycles. The monoisotopic (exact) mass is 331 g/mol. The van der Waals surface area contributed by atoms with E-state index in [1.54, 1.807) is 13.0 Å². The van der Waals surface area contributed by atoms with Crippen molar-refractivity contribution in [1.82, 2.24) is 5.32 Å². The highest BCUT2D eigenvalue weighted by atomic mass is 32.1. The zero-order chi connectivity index (χ0) is 16.7. The summed E-state index contributed by atoms with van der Waals surface area (Å²) in [5, 5.41) is 6.65. The predicted molar refractivity (Wildman–Crippen MR) is 99.7 cm³/mol. The lowest BCUT2D eigenvalue weighted by Gasteiger charge is -2.19. The lowest BCUT2D eigenvalue weighted by molar-refractivity contribution is 0.619. The van der Waals surface area contributed by atoms with Crippen LogP contribution >= 0.6 is 12.2 Å². The fourth-order valence-corrected chi connectivity index (χ4v) is 2.40. The Hall–Kier alpha value is -2.14. The van der Waals surface area contributed by atoms with E-state index in [4.69, 9.17) is 12.2 Å². The molecule has 2 aromatic rings. The van der Waals surface area contributed by atoms with Crippen LogP contribution in [0.4, 0.5) is 15.8 Å². The fraction of sp³-hybridized carbons (Fsp3) is 0.278. The predicted octanol–water partition coefficient (Wildman–Crippen LogP) is 3.95. The Morgan fingerprint density at radius 1 is 1.17 bits per heavy atom. The van der Waals surface area contributed by atoms with E-state index in [1.807, 2.05) is 24.3 Å². The van der Waals surface area contributed by atoms with Crippen LogP contribution in [0, 0.1) is 12.7 Å².